The Morgan fingerprint density at radius 2 is 2.12 bits per heavy atom. The van der Waals surface area contributed by atoms with Crippen molar-refractivity contribution in [3.8, 4) is 0 Å². The van der Waals surface area contributed by atoms with Gasteiger partial charge in [0.1, 0.15) is 11.4 Å². The molecule has 0 spiro atoms. The topological polar surface area (TPSA) is 84.4 Å². The summed E-state index contributed by atoms with van der Waals surface area (Å²) in [6, 6.07) is 5.55. The van der Waals surface area contributed by atoms with Crippen molar-refractivity contribution >= 4 is 28.7 Å². The van der Waals surface area contributed by atoms with Crippen molar-refractivity contribution in [3.63, 3.8) is 0 Å². The lowest BCUT2D eigenvalue weighted by Gasteiger charge is -2.24. The van der Waals surface area contributed by atoms with E-state index in [4.69, 9.17) is 4.74 Å². The molecule has 1 N–H and O–H groups in total. The Morgan fingerprint density at radius 3 is 2.88 bits per heavy atom. The van der Waals surface area contributed by atoms with Gasteiger partial charge in [-0.15, -0.1) is 0 Å². The SMILES string of the molecule is CC(C)(C)OC(=O)N1CC[C@H](C(=O)Nc2cc3cccnc3cn2)C1. The number of nitrogens with one attached hydrogen (secondary N) is 1. The van der Waals surface area contributed by atoms with Crippen LogP contribution in [0.25, 0.3) is 10.9 Å². The summed E-state index contributed by atoms with van der Waals surface area (Å²) in [5.41, 5.74) is 0.234. The van der Waals surface area contributed by atoms with E-state index in [1.54, 1.807) is 23.4 Å². The minimum absolute atomic E-state index is 0.137. The third kappa shape index (κ3) is 4.23. The van der Waals surface area contributed by atoms with Gasteiger partial charge in [-0.2, -0.15) is 0 Å². The highest BCUT2D eigenvalue weighted by Gasteiger charge is 2.33. The minimum atomic E-state index is -0.541. The second kappa shape index (κ2) is 6.66. The highest BCUT2D eigenvalue weighted by Crippen LogP contribution is 2.21. The van der Waals surface area contributed by atoms with E-state index in [9.17, 15) is 9.59 Å². The van der Waals surface area contributed by atoms with E-state index in [2.05, 4.69) is 15.3 Å². The van der Waals surface area contributed by atoms with Crippen LogP contribution in [0.1, 0.15) is 27.2 Å². The summed E-state index contributed by atoms with van der Waals surface area (Å²) in [6.45, 7) is 6.35. The van der Waals surface area contributed by atoms with Gasteiger partial charge < -0.3 is 15.0 Å². The van der Waals surface area contributed by atoms with Gasteiger partial charge in [0.2, 0.25) is 5.91 Å². The van der Waals surface area contributed by atoms with Crippen LogP contribution in [-0.2, 0) is 9.53 Å². The summed E-state index contributed by atoms with van der Waals surface area (Å²) in [5, 5.41) is 3.74. The van der Waals surface area contributed by atoms with E-state index in [0.29, 0.717) is 25.3 Å². The summed E-state index contributed by atoms with van der Waals surface area (Å²) in [7, 11) is 0. The Labute approximate surface area is 146 Å². The fraction of sp³-hybridized carbons (Fsp3) is 0.444. The maximum absolute atomic E-state index is 12.5. The molecule has 7 heteroatoms. The molecule has 132 valence electrons. The Kier molecular flexibility index (Phi) is 4.57. The third-order valence-electron chi connectivity index (χ3n) is 3.95. The molecule has 0 radical (unpaired) electrons. The Balaban J connectivity index is 1.61. The van der Waals surface area contributed by atoms with E-state index in [1.807, 2.05) is 32.9 Å². The number of amides is 2. The number of carbonyl (C=O) groups is 2. The first kappa shape index (κ1) is 17.1. The van der Waals surface area contributed by atoms with E-state index in [-0.39, 0.29) is 17.9 Å². The van der Waals surface area contributed by atoms with Crippen LogP contribution in [0.15, 0.2) is 30.6 Å². The average Bonchev–Trinajstić information content (AvgIpc) is 3.03. The van der Waals surface area contributed by atoms with Gasteiger partial charge in [0.15, 0.2) is 0 Å². The monoisotopic (exact) mass is 342 g/mol. The predicted molar refractivity (Wildman–Crippen MR) is 94.1 cm³/mol. The normalized spacial score (nSPS) is 17.6. The highest BCUT2D eigenvalue weighted by molar-refractivity contribution is 5.94. The molecule has 2 aromatic rings. The number of ether oxygens (including phenoxy) is 1. The van der Waals surface area contributed by atoms with Crippen molar-refractivity contribution in [1.29, 1.82) is 0 Å². The second-order valence-electron chi connectivity index (χ2n) is 7.17. The molecule has 1 saturated heterocycles. The zero-order valence-electron chi connectivity index (χ0n) is 14.7. The maximum Gasteiger partial charge on any atom is 0.410 e. The molecule has 7 nitrogen and oxygen atoms in total. The number of carbonyl (C=O) groups excluding carboxylic acids is 2. The van der Waals surface area contributed by atoms with Crippen molar-refractivity contribution in [2.45, 2.75) is 32.8 Å². The van der Waals surface area contributed by atoms with E-state index >= 15 is 0 Å². The quantitative estimate of drug-likeness (QED) is 0.907. The molecule has 0 unspecified atom stereocenters. The number of likely N-dealkylation sites (tertiary alicyclic amines) is 1. The van der Waals surface area contributed by atoms with Crippen LogP contribution in [0.5, 0.6) is 0 Å². The van der Waals surface area contributed by atoms with Gasteiger partial charge in [0.25, 0.3) is 0 Å². The number of hydrogen-bond acceptors (Lipinski definition) is 5. The van der Waals surface area contributed by atoms with E-state index < -0.39 is 5.60 Å². The van der Waals surface area contributed by atoms with Gasteiger partial charge in [0, 0.05) is 24.7 Å². The Bertz CT molecular complexity index is 800. The summed E-state index contributed by atoms with van der Waals surface area (Å²) in [6.07, 6.45) is 3.57. The first-order chi connectivity index (χ1) is 11.8. The first-order valence-electron chi connectivity index (χ1n) is 8.31. The molecule has 1 aliphatic rings. The minimum Gasteiger partial charge on any atom is -0.444 e. The predicted octanol–water partition coefficient (Wildman–Crippen LogP) is 2.83. The molecule has 3 rings (SSSR count). The Morgan fingerprint density at radius 1 is 1.32 bits per heavy atom. The molecule has 0 bridgehead atoms. The van der Waals surface area contributed by atoms with Gasteiger partial charge in [-0.3, -0.25) is 9.78 Å². The van der Waals surface area contributed by atoms with Crippen LogP contribution >= 0.6 is 0 Å². The second-order valence-corrected chi connectivity index (χ2v) is 7.17. The van der Waals surface area contributed by atoms with Crippen molar-refractivity contribution in [2.24, 2.45) is 5.92 Å². The molecular formula is C18H22N4O3. The molecule has 1 aliphatic heterocycles. The van der Waals surface area contributed by atoms with Gasteiger partial charge in [-0.1, -0.05) is 6.07 Å². The molecule has 0 saturated carbocycles. The van der Waals surface area contributed by atoms with Crippen molar-refractivity contribution in [2.75, 3.05) is 18.4 Å². The molecular weight excluding hydrogens is 320 g/mol. The molecule has 25 heavy (non-hydrogen) atoms. The molecule has 2 amide bonds. The van der Waals surface area contributed by atoms with Crippen LogP contribution in [0.2, 0.25) is 0 Å². The number of nitrogens with zero attached hydrogens (tertiary/aromatic N) is 3. The number of rotatable bonds is 2. The standard InChI is InChI=1S/C18H22N4O3/c1-18(2,3)25-17(24)22-8-6-13(11-22)16(23)21-15-9-12-5-4-7-19-14(12)10-20-15/h4-5,7,9-10,13H,6,8,11H2,1-3H3,(H,20,21,23)/t13-/m0/s1. The van der Waals surface area contributed by atoms with Crippen molar-refractivity contribution in [3.05, 3.63) is 30.6 Å². The van der Waals surface area contributed by atoms with Crippen molar-refractivity contribution < 1.29 is 14.3 Å². The summed E-state index contributed by atoms with van der Waals surface area (Å²) in [5.74, 6) is 0.0851. The lowest BCUT2D eigenvalue weighted by Crippen LogP contribution is -2.36. The number of fused-ring (bicyclic) bond motifs is 1. The zero-order chi connectivity index (χ0) is 18.0. The molecule has 1 fully saturated rings. The van der Waals surface area contributed by atoms with Crippen LogP contribution in [0.4, 0.5) is 10.6 Å². The first-order valence-corrected chi connectivity index (χ1v) is 8.31. The van der Waals surface area contributed by atoms with Crippen LogP contribution < -0.4 is 5.32 Å². The summed E-state index contributed by atoms with van der Waals surface area (Å²) < 4.78 is 5.35. The molecule has 3 heterocycles. The summed E-state index contributed by atoms with van der Waals surface area (Å²) >= 11 is 0. The van der Waals surface area contributed by atoms with Gasteiger partial charge in [0.05, 0.1) is 17.6 Å². The third-order valence-corrected chi connectivity index (χ3v) is 3.95. The van der Waals surface area contributed by atoms with Gasteiger partial charge in [-0.05, 0) is 39.3 Å². The largest absolute Gasteiger partial charge is 0.444 e. The average molecular weight is 342 g/mol. The van der Waals surface area contributed by atoms with E-state index in [0.717, 1.165) is 10.9 Å². The van der Waals surface area contributed by atoms with Crippen molar-refractivity contribution in [1.82, 2.24) is 14.9 Å². The van der Waals surface area contributed by atoms with Crippen LogP contribution in [-0.4, -0.2) is 45.6 Å². The van der Waals surface area contributed by atoms with E-state index in [1.165, 1.54) is 0 Å². The molecule has 2 aromatic heterocycles. The lowest BCUT2D eigenvalue weighted by atomic mass is 10.1. The highest BCUT2D eigenvalue weighted by atomic mass is 16.6. The molecule has 1 atom stereocenters. The molecule has 0 aromatic carbocycles. The number of aromatic nitrogens is 2. The number of pyridine rings is 2. The van der Waals surface area contributed by atoms with Crippen LogP contribution in [0, 0.1) is 5.92 Å². The van der Waals surface area contributed by atoms with Crippen LogP contribution in [0.3, 0.4) is 0 Å². The van der Waals surface area contributed by atoms with Gasteiger partial charge in [-0.25, -0.2) is 9.78 Å². The lowest BCUT2D eigenvalue weighted by molar-refractivity contribution is -0.119. The molecule has 0 aliphatic carbocycles. The number of hydrogen-bond donors (Lipinski definition) is 1. The number of anilines is 1. The Hall–Kier alpha value is -2.70. The smallest absolute Gasteiger partial charge is 0.410 e. The fourth-order valence-electron chi connectivity index (χ4n) is 2.74. The van der Waals surface area contributed by atoms with Gasteiger partial charge >= 0.3 is 6.09 Å². The summed E-state index contributed by atoms with van der Waals surface area (Å²) in [4.78, 5) is 34.5. The zero-order valence-corrected chi connectivity index (χ0v) is 14.7. The fourth-order valence-corrected chi connectivity index (χ4v) is 2.74. The maximum atomic E-state index is 12.5.